The van der Waals surface area contributed by atoms with E-state index < -0.39 is 0 Å². The molecule has 1 saturated heterocycles. The van der Waals surface area contributed by atoms with Gasteiger partial charge in [-0.15, -0.1) is 0 Å². The summed E-state index contributed by atoms with van der Waals surface area (Å²) >= 11 is 0. The summed E-state index contributed by atoms with van der Waals surface area (Å²) in [4.78, 5) is 14.6. The van der Waals surface area contributed by atoms with Crippen molar-refractivity contribution in [1.82, 2.24) is 14.7 Å². The normalized spacial score (nSPS) is 22.6. The molecule has 1 aliphatic heterocycles. The maximum atomic E-state index is 12.6. The van der Waals surface area contributed by atoms with Gasteiger partial charge in [0.15, 0.2) is 0 Å². The quantitative estimate of drug-likeness (QED) is 0.927. The monoisotopic (exact) mass is 292 g/mol. The summed E-state index contributed by atoms with van der Waals surface area (Å²) in [5, 5.41) is 7.05. The van der Waals surface area contributed by atoms with Crippen LogP contribution in [0.2, 0.25) is 0 Å². The minimum absolute atomic E-state index is 0.0228. The van der Waals surface area contributed by atoms with Gasteiger partial charge in [0.1, 0.15) is 0 Å². The highest BCUT2D eigenvalue weighted by Crippen LogP contribution is 2.26. The highest BCUT2D eigenvalue weighted by atomic mass is 16.5. The molecule has 2 fully saturated rings. The second-order valence-corrected chi connectivity index (χ2v) is 6.06. The van der Waals surface area contributed by atoms with Gasteiger partial charge in [0, 0.05) is 32.4 Å². The van der Waals surface area contributed by atoms with Crippen LogP contribution in [0.1, 0.15) is 38.5 Å². The Bertz CT molecular complexity index is 476. The Labute approximate surface area is 125 Å². The maximum absolute atomic E-state index is 12.6. The lowest BCUT2D eigenvalue weighted by Gasteiger charge is -2.31. The van der Waals surface area contributed by atoms with E-state index in [-0.39, 0.29) is 12.1 Å². The Morgan fingerprint density at radius 3 is 2.86 bits per heavy atom. The summed E-state index contributed by atoms with van der Waals surface area (Å²) in [6.45, 7) is 1.53. The molecule has 6 heteroatoms. The molecule has 2 amide bonds. The van der Waals surface area contributed by atoms with Gasteiger partial charge in [0.05, 0.1) is 18.0 Å². The number of urea groups is 1. The Kier molecular flexibility index (Phi) is 4.43. The summed E-state index contributed by atoms with van der Waals surface area (Å²) in [5.74, 6) is 0. The first-order valence-corrected chi connectivity index (χ1v) is 7.90. The van der Waals surface area contributed by atoms with E-state index in [1.165, 1.54) is 12.8 Å². The third-order valence-corrected chi connectivity index (χ3v) is 4.41. The number of nitrogens with one attached hydrogen (secondary N) is 1. The Morgan fingerprint density at radius 1 is 1.43 bits per heavy atom. The molecule has 21 heavy (non-hydrogen) atoms. The number of ether oxygens (including phenoxy) is 1. The van der Waals surface area contributed by atoms with Crippen LogP contribution in [0.5, 0.6) is 0 Å². The van der Waals surface area contributed by atoms with Gasteiger partial charge >= 0.3 is 6.03 Å². The summed E-state index contributed by atoms with van der Waals surface area (Å²) in [7, 11) is 1.84. The SMILES string of the molecule is Cn1cc(NC(=O)N(CC2CCCO2)C2CCCC2)cn1. The van der Waals surface area contributed by atoms with Crippen LogP contribution in [0.3, 0.4) is 0 Å². The number of hydrogen-bond donors (Lipinski definition) is 1. The lowest BCUT2D eigenvalue weighted by atomic mass is 10.1. The van der Waals surface area contributed by atoms with Crippen LogP contribution >= 0.6 is 0 Å². The van der Waals surface area contributed by atoms with Crippen LogP contribution in [0, 0.1) is 0 Å². The molecular weight excluding hydrogens is 268 g/mol. The van der Waals surface area contributed by atoms with Crippen molar-refractivity contribution in [1.29, 1.82) is 0 Å². The highest BCUT2D eigenvalue weighted by molar-refractivity contribution is 5.89. The van der Waals surface area contributed by atoms with Gasteiger partial charge < -0.3 is 15.0 Å². The third kappa shape index (κ3) is 3.56. The fourth-order valence-electron chi connectivity index (χ4n) is 3.30. The first-order valence-electron chi connectivity index (χ1n) is 7.90. The van der Waals surface area contributed by atoms with Crippen molar-refractivity contribution in [2.75, 3.05) is 18.5 Å². The minimum atomic E-state index is -0.0228. The second kappa shape index (κ2) is 6.47. The van der Waals surface area contributed by atoms with E-state index in [4.69, 9.17) is 4.74 Å². The molecule has 1 aliphatic carbocycles. The molecule has 2 aliphatic rings. The van der Waals surface area contributed by atoms with Gasteiger partial charge in [-0.05, 0) is 25.7 Å². The van der Waals surface area contributed by atoms with Gasteiger partial charge in [0.25, 0.3) is 0 Å². The van der Waals surface area contributed by atoms with Crippen molar-refractivity contribution < 1.29 is 9.53 Å². The average Bonchev–Trinajstić information content (AvgIpc) is 3.18. The van der Waals surface area contributed by atoms with E-state index >= 15 is 0 Å². The van der Waals surface area contributed by atoms with Crippen LogP contribution in [0.15, 0.2) is 12.4 Å². The number of aromatic nitrogens is 2. The van der Waals surface area contributed by atoms with Gasteiger partial charge in [0.2, 0.25) is 0 Å². The molecule has 1 N–H and O–H groups in total. The number of nitrogens with zero attached hydrogens (tertiary/aromatic N) is 3. The maximum Gasteiger partial charge on any atom is 0.322 e. The van der Waals surface area contributed by atoms with Crippen molar-refractivity contribution in [2.45, 2.75) is 50.7 Å². The van der Waals surface area contributed by atoms with Crippen LogP contribution < -0.4 is 5.32 Å². The van der Waals surface area contributed by atoms with Gasteiger partial charge in [-0.3, -0.25) is 4.68 Å². The zero-order chi connectivity index (χ0) is 14.7. The van der Waals surface area contributed by atoms with Gasteiger partial charge in [-0.1, -0.05) is 12.8 Å². The number of rotatable bonds is 4. The fraction of sp³-hybridized carbons (Fsp3) is 0.733. The number of aryl methyl sites for hydroxylation is 1. The molecule has 0 radical (unpaired) electrons. The molecule has 1 atom stereocenters. The van der Waals surface area contributed by atoms with E-state index in [1.807, 2.05) is 18.1 Å². The van der Waals surface area contributed by atoms with Crippen molar-refractivity contribution in [3.05, 3.63) is 12.4 Å². The lowest BCUT2D eigenvalue weighted by Crippen LogP contribution is -2.45. The largest absolute Gasteiger partial charge is 0.376 e. The van der Waals surface area contributed by atoms with Crippen LogP contribution in [-0.4, -0.2) is 46.0 Å². The number of carbonyl (C=O) groups excluding carboxylic acids is 1. The molecule has 1 aromatic rings. The fourth-order valence-corrected chi connectivity index (χ4v) is 3.30. The summed E-state index contributed by atoms with van der Waals surface area (Å²) in [6, 6.07) is 0.330. The number of carbonyl (C=O) groups is 1. The van der Waals surface area contributed by atoms with Crippen LogP contribution in [0.4, 0.5) is 10.5 Å². The number of hydrogen-bond acceptors (Lipinski definition) is 3. The third-order valence-electron chi connectivity index (χ3n) is 4.41. The second-order valence-electron chi connectivity index (χ2n) is 6.06. The standard InChI is InChI=1S/C15H24N4O2/c1-18-10-12(9-16-18)17-15(20)19(13-5-2-3-6-13)11-14-7-4-8-21-14/h9-10,13-14H,2-8,11H2,1H3,(H,17,20). The lowest BCUT2D eigenvalue weighted by molar-refractivity contribution is 0.0729. The van der Waals surface area contributed by atoms with E-state index in [9.17, 15) is 4.79 Å². The van der Waals surface area contributed by atoms with E-state index in [0.717, 1.165) is 38.0 Å². The smallest absolute Gasteiger partial charge is 0.322 e. The summed E-state index contributed by atoms with van der Waals surface area (Å²) in [5.41, 5.74) is 0.748. The molecule has 0 spiro atoms. The summed E-state index contributed by atoms with van der Waals surface area (Å²) < 4.78 is 7.40. The Hall–Kier alpha value is -1.56. The average molecular weight is 292 g/mol. The van der Waals surface area contributed by atoms with Crippen LogP contribution in [-0.2, 0) is 11.8 Å². The van der Waals surface area contributed by atoms with Crippen LogP contribution in [0.25, 0.3) is 0 Å². The predicted octanol–water partition coefficient (Wildman–Crippen LogP) is 2.38. The van der Waals surface area contributed by atoms with Crippen molar-refractivity contribution in [2.24, 2.45) is 7.05 Å². The Balaban J connectivity index is 1.65. The molecule has 116 valence electrons. The van der Waals surface area contributed by atoms with Gasteiger partial charge in [-0.25, -0.2) is 4.79 Å². The van der Waals surface area contributed by atoms with Gasteiger partial charge in [-0.2, -0.15) is 5.10 Å². The van der Waals surface area contributed by atoms with Crippen molar-refractivity contribution in [3.63, 3.8) is 0 Å². The molecule has 2 heterocycles. The zero-order valence-electron chi connectivity index (χ0n) is 12.6. The molecule has 1 saturated carbocycles. The molecule has 0 bridgehead atoms. The first kappa shape index (κ1) is 14.4. The van der Waals surface area contributed by atoms with E-state index in [0.29, 0.717) is 12.6 Å². The zero-order valence-corrected chi connectivity index (χ0v) is 12.6. The Morgan fingerprint density at radius 2 is 2.24 bits per heavy atom. The first-order chi connectivity index (χ1) is 10.2. The van der Waals surface area contributed by atoms with E-state index in [1.54, 1.807) is 10.9 Å². The molecule has 3 rings (SSSR count). The van der Waals surface area contributed by atoms with Crippen molar-refractivity contribution in [3.8, 4) is 0 Å². The molecule has 1 unspecified atom stereocenters. The number of amides is 2. The predicted molar refractivity (Wildman–Crippen MR) is 80.2 cm³/mol. The molecule has 1 aromatic heterocycles. The molecule has 0 aromatic carbocycles. The highest BCUT2D eigenvalue weighted by Gasteiger charge is 2.30. The van der Waals surface area contributed by atoms with Crippen molar-refractivity contribution >= 4 is 11.7 Å². The molecule has 6 nitrogen and oxygen atoms in total. The topological polar surface area (TPSA) is 59.4 Å². The number of anilines is 1. The molecular formula is C15H24N4O2. The summed E-state index contributed by atoms with van der Waals surface area (Å²) in [6.07, 6.45) is 10.5. The van der Waals surface area contributed by atoms with E-state index in [2.05, 4.69) is 10.4 Å². The minimum Gasteiger partial charge on any atom is -0.376 e.